The number of fused-ring (bicyclic) bond motifs is 7. The molecule has 1 atom stereocenters. The van der Waals surface area contributed by atoms with Crippen LogP contribution in [0.15, 0.2) is 24.3 Å². The van der Waals surface area contributed by atoms with Gasteiger partial charge in [-0.1, -0.05) is 25.7 Å². The quantitative estimate of drug-likeness (QED) is 0.468. The summed E-state index contributed by atoms with van der Waals surface area (Å²) in [5, 5.41) is 16.7. The highest BCUT2D eigenvalue weighted by Gasteiger charge is 2.17. The number of unbranched alkanes of at least 4 members (excludes halogenated alkanes) is 5. The Morgan fingerprint density at radius 2 is 1.24 bits per heavy atom. The fraction of sp³-hybridized carbons (Fsp3) is 0.524. The van der Waals surface area contributed by atoms with E-state index in [1.54, 1.807) is 31.2 Å². The zero-order chi connectivity index (χ0) is 21.6. The number of carbonyl (C=O) groups is 4. The molecule has 2 N–H and O–H groups in total. The minimum absolute atomic E-state index is 0.0863. The van der Waals surface area contributed by atoms with Crippen LogP contribution in [0.25, 0.3) is 0 Å². The van der Waals surface area contributed by atoms with Gasteiger partial charge in [-0.15, -0.1) is 0 Å². The Bertz CT molecular complexity index is 660. The zero-order valence-corrected chi connectivity index (χ0v) is 16.6. The van der Waals surface area contributed by atoms with E-state index in [4.69, 9.17) is 19.7 Å². The fourth-order valence-electron chi connectivity index (χ4n) is 2.56. The van der Waals surface area contributed by atoms with Gasteiger partial charge in [0.15, 0.2) is 0 Å². The van der Waals surface area contributed by atoms with Crippen molar-refractivity contribution in [3.05, 3.63) is 35.4 Å². The maximum absolute atomic E-state index is 11.5. The van der Waals surface area contributed by atoms with E-state index in [1.165, 1.54) is 0 Å². The Morgan fingerprint density at radius 1 is 0.828 bits per heavy atom. The summed E-state index contributed by atoms with van der Waals surface area (Å²) in [6.45, 7) is 1.77. The molecule has 2 bridgehead atoms. The molecule has 1 aromatic carbocycles. The first kappa shape index (κ1) is 24.1. The summed E-state index contributed by atoms with van der Waals surface area (Å²) in [6, 6.07) is 6.21. The summed E-state index contributed by atoms with van der Waals surface area (Å²) in [4.78, 5) is 43.2. The topological polar surface area (TPSA) is 127 Å². The van der Waals surface area contributed by atoms with Gasteiger partial charge in [0.25, 0.3) is 0 Å². The normalized spacial score (nSPS) is 15.6. The first-order chi connectivity index (χ1) is 13.8. The van der Waals surface area contributed by atoms with E-state index < -0.39 is 30.0 Å². The summed E-state index contributed by atoms with van der Waals surface area (Å²) < 4.78 is 9.98. The molecule has 0 amide bonds. The van der Waals surface area contributed by atoms with E-state index in [2.05, 4.69) is 0 Å². The second-order valence-electron chi connectivity index (χ2n) is 6.80. The molecule has 2 aliphatic heterocycles. The van der Waals surface area contributed by atoms with Crippen molar-refractivity contribution in [3.63, 3.8) is 0 Å². The Morgan fingerprint density at radius 3 is 1.69 bits per heavy atom. The molecule has 1 aromatic rings. The molecule has 3 rings (SSSR count). The van der Waals surface area contributed by atoms with Crippen LogP contribution in [0.1, 0.15) is 79.0 Å². The van der Waals surface area contributed by atoms with Gasteiger partial charge in [0.05, 0.1) is 11.1 Å². The average Bonchev–Trinajstić information content (AvgIpc) is 2.68. The van der Waals surface area contributed by atoms with Crippen molar-refractivity contribution in [2.75, 3.05) is 6.61 Å². The van der Waals surface area contributed by atoms with Crippen molar-refractivity contribution >= 4 is 23.9 Å². The van der Waals surface area contributed by atoms with Crippen LogP contribution in [0.3, 0.4) is 0 Å². The Balaban J connectivity index is 0.000000291. The van der Waals surface area contributed by atoms with Gasteiger partial charge in [0.2, 0.25) is 0 Å². The highest BCUT2D eigenvalue weighted by atomic mass is 16.6. The monoisotopic (exact) mass is 408 g/mol. The molecule has 0 aromatic heterocycles. The standard InChI is InChI=1S/C11H10O4.C10H18O4/c1-7-6-14-10(12)8-2-4-9(5-3-8)11(13)15-7;11-9(12)7-5-3-1-2-4-6-8-10(13)14/h2-5,7H,6H2,1H3;1-8H2,(H,11,12)(H,13,14). The first-order valence-electron chi connectivity index (χ1n) is 9.71. The number of rotatable bonds is 9. The second-order valence-corrected chi connectivity index (χ2v) is 6.80. The van der Waals surface area contributed by atoms with Gasteiger partial charge in [0.1, 0.15) is 12.7 Å². The molecule has 1 unspecified atom stereocenters. The predicted octanol–water partition coefficient (Wildman–Crippen LogP) is 3.68. The number of carboxylic acid groups (broad SMARTS) is 2. The lowest BCUT2D eigenvalue weighted by Gasteiger charge is -2.15. The SMILES string of the molecule is CC1COC(=O)c2ccc(cc2)C(=O)O1.O=C(O)CCCCCCCCC(=O)O. The van der Waals surface area contributed by atoms with Crippen molar-refractivity contribution < 1.29 is 38.9 Å². The highest BCUT2D eigenvalue weighted by molar-refractivity contribution is 5.93. The molecule has 0 saturated carbocycles. The van der Waals surface area contributed by atoms with Gasteiger partial charge in [-0.3, -0.25) is 9.59 Å². The van der Waals surface area contributed by atoms with Gasteiger partial charge < -0.3 is 19.7 Å². The number of carbonyl (C=O) groups excluding carboxylic acids is 2. The minimum Gasteiger partial charge on any atom is -0.481 e. The Hall–Kier alpha value is -2.90. The molecule has 2 heterocycles. The smallest absolute Gasteiger partial charge is 0.338 e. The molecule has 8 nitrogen and oxygen atoms in total. The molecular formula is C21H28O8. The molecule has 0 aliphatic carbocycles. The molecule has 8 heteroatoms. The van der Waals surface area contributed by atoms with Crippen molar-refractivity contribution in [1.82, 2.24) is 0 Å². The van der Waals surface area contributed by atoms with E-state index in [0.29, 0.717) is 11.1 Å². The molecule has 0 radical (unpaired) electrons. The maximum atomic E-state index is 11.5. The zero-order valence-electron chi connectivity index (χ0n) is 16.6. The van der Waals surface area contributed by atoms with Gasteiger partial charge in [-0.2, -0.15) is 0 Å². The minimum atomic E-state index is -0.740. The van der Waals surface area contributed by atoms with Gasteiger partial charge >= 0.3 is 23.9 Å². The van der Waals surface area contributed by atoms with Crippen LogP contribution in [0.5, 0.6) is 0 Å². The molecule has 0 saturated heterocycles. The lowest BCUT2D eigenvalue weighted by molar-refractivity contribution is -0.138. The number of esters is 2. The number of hydrogen-bond donors (Lipinski definition) is 2. The van der Waals surface area contributed by atoms with Gasteiger partial charge in [-0.05, 0) is 44.0 Å². The van der Waals surface area contributed by atoms with Crippen molar-refractivity contribution in [1.29, 1.82) is 0 Å². The first-order valence-corrected chi connectivity index (χ1v) is 9.71. The van der Waals surface area contributed by atoms with E-state index in [9.17, 15) is 19.2 Å². The second kappa shape index (κ2) is 13.3. The predicted molar refractivity (Wildman–Crippen MR) is 104 cm³/mol. The number of aliphatic carboxylic acids is 2. The number of ether oxygens (including phenoxy) is 2. The van der Waals surface area contributed by atoms with Crippen LogP contribution in [-0.2, 0) is 19.1 Å². The van der Waals surface area contributed by atoms with Crippen LogP contribution in [0.2, 0.25) is 0 Å². The molecule has 0 fully saturated rings. The van der Waals surface area contributed by atoms with Crippen LogP contribution in [0.4, 0.5) is 0 Å². The van der Waals surface area contributed by atoms with E-state index in [-0.39, 0.29) is 19.4 Å². The highest BCUT2D eigenvalue weighted by Crippen LogP contribution is 2.11. The van der Waals surface area contributed by atoms with E-state index in [0.717, 1.165) is 38.5 Å². The maximum Gasteiger partial charge on any atom is 0.338 e. The lowest BCUT2D eigenvalue weighted by atomic mass is 10.1. The molecule has 160 valence electrons. The van der Waals surface area contributed by atoms with E-state index in [1.807, 2.05) is 0 Å². The molecule has 29 heavy (non-hydrogen) atoms. The van der Waals surface area contributed by atoms with Crippen molar-refractivity contribution in [2.45, 2.75) is 64.4 Å². The largest absolute Gasteiger partial charge is 0.481 e. The number of carboxylic acids is 2. The van der Waals surface area contributed by atoms with Crippen molar-refractivity contribution in [3.8, 4) is 0 Å². The molecular weight excluding hydrogens is 380 g/mol. The third-order valence-electron chi connectivity index (χ3n) is 4.14. The Labute approximate surface area is 169 Å². The summed E-state index contributed by atoms with van der Waals surface area (Å²) >= 11 is 0. The van der Waals surface area contributed by atoms with Crippen LogP contribution in [0, 0.1) is 0 Å². The Kier molecular flexibility index (Phi) is 11.1. The van der Waals surface area contributed by atoms with E-state index >= 15 is 0 Å². The summed E-state index contributed by atoms with van der Waals surface area (Å²) in [5.74, 6) is -2.27. The van der Waals surface area contributed by atoms with Crippen molar-refractivity contribution in [2.24, 2.45) is 0 Å². The number of hydrogen-bond acceptors (Lipinski definition) is 6. The van der Waals surface area contributed by atoms with Crippen LogP contribution >= 0.6 is 0 Å². The molecule has 0 spiro atoms. The summed E-state index contributed by atoms with van der Waals surface area (Å²) in [5.41, 5.74) is 0.890. The third kappa shape index (κ3) is 10.9. The molecule has 2 aliphatic rings. The third-order valence-corrected chi connectivity index (χ3v) is 4.14. The lowest BCUT2D eigenvalue weighted by Crippen LogP contribution is -2.23. The summed E-state index contributed by atoms with van der Waals surface area (Å²) in [6.07, 6.45) is 5.40. The van der Waals surface area contributed by atoms with Gasteiger partial charge in [0, 0.05) is 12.8 Å². The van der Waals surface area contributed by atoms with Gasteiger partial charge in [-0.25, -0.2) is 9.59 Å². The van der Waals surface area contributed by atoms with Crippen LogP contribution in [-0.4, -0.2) is 46.8 Å². The fourth-order valence-corrected chi connectivity index (χ4v) is 2.56. The summed E-state index contributed by atoms with van der Waals surface area (Å²) in [7, 11) is 0. The average molecular weight is 408 g/mol. The number of benzene rings is 1. The van der Waals surface area contributed by atoms with Crippen LogP contribution < -0.4 is 0 Å².